The lowest BCUT2D eigenvalue weighted by Crippen LogP contribution is -2.11. The average molecular weight is 220 g/mol. The standard InChI is InChI=1S/C15H24O/c1-7-13-9-8-12(6)15(16-11(4)5)14(13)10(2)3/h8-11H,7H2,1-6H3. The smallest absolute Gasteiger partial charge is 0.126 e. The monoisotopic (exact) mass is 220 g/mol. The molecule has 0 amide bonds. The van der Waals surface area contributed by atoms with Crippen LogP contribution >= 0.6 is 0 Å². The summed E-state index contributed by atoms with van der Waals surface area (Å²) in [6, 6.07) is 4.40. The van der Waals surface area contributed by atoms with Crippen molar-refractivity contribution in [3.05, 3.63) is 28.8 Å². The number of ether oxygens (including phenoxy) is 1. The lowest BCUT2D eigenvalue weighted by atomic mass is 9.92. The van der Waals surface area contributed by atoms with Gasteiger partial charge in [-0.15, -0.1) is 0 Å². The van der Waals surface area contributed by atoms with Gasteiger partial charge in [-0.3, -0.25) is 0 Å². The van der Waals surface area contributed by atoms with Crippen LogP contribution in [-0.2, 0) is 6.42 Å². The second-order valence-electron chi connectivity index (χ2n) is 4.96. The van der Waals surface area contributed by atoms with Crippen LogP contribution in [0.3, 0.4) is 0 Å². The van der Waals surface area contributed by atoms with Crippen LogP contribution in [-0.4, -0.2) is 6.10 Å². The summed E-state index contributed by atoms with van der Waals surface area (Å²) >= 11 is 0. The second-order valence-corrected chi connectivity index (χ2v) is 4.96. The Morgan fingerprint density at radius 3 is 2.19 bits per heavy atom. The Hall–Kier alpha value is -0.980. The van der Waals surface area contributed by atoms with Crippen molar-refractivity contribution >= 4 is 0 Å². The fourth-order valence-corrected chi connectivity index (χ4v) is 2.08. The van der Waals surface area contributed by atoms with Crippen molar-refractivity contribution in [2.75, 3.05) is 0 Å². The van der Waals surface area contributed by atoms with E-state index in [9.17, 15) is 0 Å². The molecule has 0 saturated heterocycles. The molecule has 0 bridgehead atoms. The summed E-state index contributed by atoms with van der Waals surface area (Å²) in [5.41, 5.74) is 4.04. The van der Waals surface area contributed by atoms with Gasteiger partial charge in [0.25, 0.3) is 0 Å². The molecule has 0 atom stereocenters. The zero-order chi connectivity index (χ0) is 12.3. The Bertz CT molecular complexity index is 351. The summed E-state index contributed by atoms with van der Waals surface area (Å²) in [5.74, 6) is 1.62. The van der Waals surface area contributed by atoms with E-state index in [4.69, 9.17) is 4.74 Å². The van der Waals surface area contributed by atoms with E-state index in [2.05, 4.69) is 53.7 Å². The van der Waals surface area contributed by atoms with Crippen LogP contribution in [0.25, 0.3) is 0 Å². The summed E-state index contributed by atoms with van der Waals surface area (Å²) in [6.07, 6.45) is 1.31. The largest absolute Gasteiger partial charge is 0.490 e. The molecule has 0 fully saturated rings. The maximum Gasteiger partial charge on any atom is 0.126 e. The van der Waals surface area contributed by atoms with E-state index >= 15 is 0 Å². The van der Waals surface area contributed by atoms with Crippen molar-refractivity contribution in [3.63, 3.8) is 0 Å². The van der Waals surface area contributed by atoms with Crippen molar-refractivity contribution < 1.29 is 4.74 Å². The van der Waals surface area contributed by atoms with E-state index < -0.39 is 0 Å². The molecule has 0 aromatic heterocycles. The number of rotatable bonds is 4. The number of aryl methyl sites for hydroxylation is 2. The van der Waals surface area contributed by atoms with Gasteiger partial charge < -0.3 is 4.74 Å². The van der Waals surface area contributed by atoms with Crippen molar-refractivity contribution in [2.45, 2.75) is 60.0 Å². The van der Waals surface area contributed by atoms with Crippen LogP contribution in [0.4, 0.5) is 0 Å². The van der Waals surface area contributed by atoms with E-state index in [0.29, 0.717) is 5.92 Å². The normalized spacial score (nSPS) is 11.2. The van der Waals surface area contributed by atoms with Gasteiger partial charge in [-0.2, -0.15) is 0 Å². The summed E-state index contributed by atoms with van der Waals surface area (Å²) < 4.78 is 5.98. The lowest BCUT2D eigenvalue weighted by Gasteiger charge is -2.21. The van der Waals surface area contributed by atoms with Gasteiger partial charge in [0, 0.05) is 5.56 Å². The molecule has 1 heteroatoms. The zero-order valence-electron chi connectivity index (χ0n) is 11.4. The summed E-state index contributed by atoms with van der Waals surface area (Å²) in [5, 5.41) is 0. The van der Waals surface area contributed by atoms with Crippen LogP contribution in [0.2, 0.25) is 0 Å². The number of hydrogen-bond donors (Lipinski definition) is 0. The third-order valence-corrected chi connectivity index (χ3v) is 2.80. The molecule has 0 unspecified atom stereocenters. The Morgan fingerprint density at radius 2 is 1.75 bits per heavy atom. The topological polar surface area (TPSA) is 9.23 Å². The van der Waals surface area contributed by atoms with Gasteiger partial charge in [-0.1, -0.05) is 32.9 Å². The van der Waals surface area contributed by atoms with Crippen molar-refractivity contribution in [1.82, 2.24) is 0 Å². The van der Waals surface area contributed by atoms with E-state index in [0.717, 1.165) is 12.2 Å². The molecule has 0 spiro atoms. The molecule has 0 radical (unpaired) electrons. The van der Waals surface area contributed by atoms with Crippen LogP contribution in [0.15, 0.2) is 12.1 Å². The molecular weight excluding hydrogens is 196 g/mol. The fraction of sp³-hybridized carbons (Fsp3) is 0.600. The highest BCUT2D eigenvalue weighted by molar-refractivity contribution is 5.47. The predicted octanol–water partition coefficient (Wildman–Crippen LogP) is 4.47. The first-order valence-corrected chi connectivity index (χ1v) is 6.26. The molecule has 0 saturated carbocycles. The van der Waals surface area contributed by atoms with Gasteiger partial charge in [0.15, 0.2) is 0 Å². The number of benzene rings is 1. The van der Waals surface area contributed by atoms with E-state index in [1.54, 1.807) is 0 Å². The number of hydrogen-bond acceptors (Lipinski definition) is 1. The van der Waals surface area contributed by atoms with Crippen LogP contribution < -0.4 is 4.74 Å². The van der Waals surface area contributed by atoms with Crippen LogP contribution in [0.5, 0.6) is 5.75 Å². The Balaban J connectivity index is 3.30. The molecule has 0 N–H and O–H groups in total. The van der Waals surface area contributed by atoms with Gasteiger partial charge in [0.1, 0.15) is 5.75 Å². The van der Waals surface area contributed by atoms with Gasteiger partial charge in [0.05, 0.1) is 6.10 Å². The Kier molecular flexibility index (Phi) is 4.40. The van der Waals surface area contributed by atoms with Crippen LogP contribution in [0, 0.1) is 6.92 Å². The first kappa shape index (κ1) is 13.1. The minimum atomic E-state index is 0.239. The van der Waals surface area contributed by atoms with E-state index in [1.807, 2.05) is 0 Å². The minimum absolute atomic E-state index is 0.239. The molecular formula is C15H24O. The van der Waals surface area contributed by atoms with Gasteiger partial charge in [0.2, 0.25) is 0 Å². The highest BCUT2D eigenvalue weighted by Gasteiger charge is 2.15. The third-order valence-electron chi connectivity index (χ3n) is 2.80. The lowest BCUT2D eigenvalue weighted by molar-refractivity contribution is 0.237. The van der Waals surface area contributed by atoms with Crippen molar-refractivity contribution in [2.24, 2.45) is 0 Å². The quantitative estimate of drug-likeness (QED) is 0.727. The van der Waals surface area contributed by atoms with Gasteiger partial charge in [-0.25, -0.2) is 0 Å². The second kappa shape index (κ2) is 5.38. The SMILES string of the molecule is CCc1ccc(C)c(OC(C)C)c1C(C)C. The van der Waals surface area contributed by atoms with Crippen molar-refractivity contribution in [3.8, 4) is 5.75 Å². The molecule has 1 aromatic carbocycles. The van der Waals surface area contributed by atoms with Crippen molar-refractivity contribution in [1.29, 1.82) is 0 Å². The van der Waals surface area contributed by atoms with Crippen LogP contribution in [0.1, 0.15) is 57.2 Å². The summed E-state index contributed by atoms with van der Waals surface area (Å²) in [6.45, 7) is 13.0. The highest BCUT2D eigenvalue weighted by atomic mass is 16.5. The molecule has 1 rings (SSSR count). The Labute approximate surface area is 99.8 Å². The molecule has 1 aromatic rings. The van der Waals surface area contributed by atoms with Gasteiger partial charge >= 0.3 is 0 Å². The fourth-order valence-electron chi connectivity index (χ4n) is 2.08. The minimum Gasteiger partial charge on any atom is -0.490 e. The third kappa shape index (κ3) is 2.78. The molecule has 90 valence electrons. The average Bonchev–Trinajstić information content (AvgIpc) is 2.19. The molecule has 0 aliphatic rings. The van der Waals surface area contributed by atoms with Gasteiger partial charge in [-0.05, 0) is 44.2 Å². The zero-order valence-corrected chi connectivity index (χ0v) is 11.4. The maximum atomic E-state index is 5.98. The Morgan fingerprint density at radius 1 is 1.12 bits per heavy atom. The van der Waals surface area contributed by atoms with E-state index in [1.165, 1.54) is 16.7 Å². The highest BCUT2D eigenvalue weighted by Crippen LogP contribution is 2.34. The molecule has 0 aliphatic carbocycles. The summed E-state index contributed by atoms with van der Waals surface area (Å²) in [4.78, 5) is 0. The first-order valence-electron chi connectivity index (χ1n) is 6.26. The first-order chi connectivity index (χ1) is 7.47. The predicted molar refractivity (Wildman–Crippen MR) is 70.4 cm³/mol. The molecule has 1 nitrogen and oxygen atoms in total. The molecule has 0 aliphatic heterocycles. The molecule has 0 heterocycles. The molecule has 16 heavy (non-hydrogen) atoms. The maximum absolute atomic E-state index is 5.98. The van der Waals surface area contributed by atoms with E-state index in [-0.39, 0.29) is 6.10 Å². The summed E-state index contributed by atoms with van der Waals surface area (Å²) in [7, 11) is 0.